The molecule has 0 saturated heterocycles. The maximum absolute atomic E-state index is 11.2. The number of aryl methyl sites for hydroxylation is 2. The van der Waals surface area contributed by atoms with Gasteiger partial charge in [-0.25, -0.2) is 0 Å². The van der Waals surface area contributed by atoms with E-state index in [2.05, 4.69) is 36.4 Å². The van der Waals surface area contributed by atoms with Gasteiger partial charge in [-0.3, -0.25) is 9.59 Å². The van der Waals surface area contributed by atoms with Crippen LogP contribution in [0.4, 0.5) is 0 Å². The molecular formula is C28H42O4S2. The number of aliphatic carboxylic acids is 2. The minimum atomic E-state index is -0.722. The largest absolute Gasteiger partial charge is 0.481 e. The van der Waals surface area contributed by atoms with Gasteiger partial charge >= 0.3 is 11.9 Å². The zero-order valence-electron chi connectivity index (χ0n) is 21.6. The molecule has 0 fully saturated rings. The highest BCUT2D eigenvalue weighted by Crippen LogP contribution is 2.28. The third kappa shape index (κ3) is 10.6. The average molecular weight is 507 g/mol. The van der Waals surface area contributed by atoms with E-state index < -0.39 is 22.8 Å². The van der Waals surface area contributed by atoms with Crippen molar-refractivity contribution < 1.29 is 19.8 Å². The molecule has 2 rings (SSSR count). The fourth-order valence-corrected chi connectivity index (χ4v) is 5.26. The van der Waals surface area contributed by atoms with Crippen molar-refractivity contribution in [1.29, 1.82) is 0 Å². The predicted octanol–water partition coefficient (Wildman–Crippen LogP) is 8.65. The number of thiophene rings is 2. The van der Waals surface area contributed by atoms with E-state index in [0.717, 1.165) is 38.5 Å². The maximum Gasteiger partial charge on any atom is 0.309 e. The zero-order chi connectivity index (χ0) is 25.8. The molecule has 0 amide bonds. The number of hydrogen-bond acceptors (Lipinski definition) is 4. The lowest BCUT2D eigenvalue weighted by atomic mass is 9.87. The van der Waals surface area contributed by atoms with Crippen LogP contribution in [0.15, 0.2) is 24.3 Å². The first-order valence-electron chi connectivity index (χ1n) is 12.3. The number of carboxylic acid groups (broad SMARTS) is 2. The molecule has 0 unspecified atom stereocenters. The van der Waals surface area contributed by atoms with E-state index in [1.54, 1.807) is 50.4 Å². The third-order valence-corrected chi connectivity index (χ3v) is 8.11. The van der Waals surface area contributed by atoms with Crippen molar-refractivity contribution >= 4 is 46.8 Å². The van der Waals surface area contributed by atoms with Crippen molar-refractivity contribution in [2.45, 2.75) is 92.9 Å². The molecule has 0 saturated carbocycles. The Balaban J connectivity index is 0.00000281. The van der Waals surface area contributed by atoms with Crippen molar-refractivity contribution in [2.24, 2.45) is 10.8 Å². The zero-order valence-corrected chi connectivity index (χ0v) is 23.3. The lowest BCUT2D eigenvalue weighted by molar-refractivity contribution is -0.148. The van der Waals surface area contributed by atoms with Crippen LogP contribution in [-0.4, -0.2) is 22.2 Å². The maximum atomic E-state index is 11.2. The molecule has 4 nitrogen and oxygen atoms in total. The molecule has 2 aromatic rings. The normalized spacial score (nSPS) is 11.9. The van der Waals surface area contributed by atoms with Gasteiger partial charge in [-0.2, -0.15) is 0 Å². The van der Waals surface area contributed by atoms with Crippen molar-refractivity contribution in [3.8, 4) is 0 Å². The lowest BCUT2D eigenvalue weighted by Gasteiger charge is -2.18. The van der Waals surface area contributed by atoms with Crippen molar-refractivity contribution in [3.63, 3.8) is 0 Å². The van der Waals surface area contributed by atoms with E-state index in [1.165, 1.54) is 19.5 Å². The van der Waals surface area contributed by atoms with E-state index in [0.29, 0.717) is 12.8 Å². The van der Waals surface area contributed by atoms with Crippen LogP contribution in [0, 0.1) is 10.8 Å². The Morgan fingerprint density at radius 3 is 1.38 bits per heavy atom. The molecule has 0 aliphatic rings. The first-order valence-corrected chi connectivity index (χ1v) is 14.0. The van der Waals surface area contributed by atoms with Gasteiger partial charge in [0.1, 0.15) is 0 Å². The fourth-order valence-electron chi connectivity index (χ4n) is 3.35. The number of carbonyl (C=O) groups is 2. The quantitative estimate of drug-likeness (QED) is 0.251. The topological polar surface area (TPSA) is 74.6 Å². The molecular weight excluding hydrogens is 464 g/mol. The van der Waals surface area contributed by atoms with Crippen LogP contribution in [0.1, 0.15) is 99.6 Å². The van der Waals surface area contributed by atoms with Crippen molar-refractivity contribution in [2.75, 3.05) is 0 Å². The van der Waals surface area contributed by atoms with Gasteiger partial charge < -0.3 is 10.2 Å². The van der Waals surface area contributed by atoms with Gasteiger partial charge in [0.15, 0.2) is 0 Å². The highest BCUT2D eigenvalue weighted by Gasteiger charge is 2.26. The summed E-state index contributed by atoms with van der Waals surface area (Å²) in [5.74, 6) is -1.44. The first kappa shape index (κ1) is 30.1. The second-order valence-corrected chi connectivity index (χ2v) is 12.1. The number of rotatable bonds is 14. The van der Waals surface area contributed by atoms with Crippen LogP contribution in [0.3, 0.4) is 0 Å². The fraction of sp³-hybridized carbons (Fsp3) is 0.571. The van der Waals surface area contributed by atoms with Gasteiger partial charge in [0.2, 0.25) is 0 Å². The van der Waals surface area contributed by atoms with Gasteiger partial charge in [0.05, 0.1) is 10.8 Å². The molecule has 0 spiro atoms. The molecule has 0 atom stereocenters. The van der Waals surface area contributed by atoms with E-state index in [1.807, 2.05) is 13.8 Å². The highest BCUT2D eigenvalue weighted by molar-refractivity contribution is 7.13. The van der Waals surface area contributed by atoms with Gasteiger partial charge in [-0.05, 0) is 103 Å². The number of carboxylic acids is 2. The summed E-state index contributed by atoms with van der Waals surface area (Å²) in [5, 5.41) is 18.4. The summed E-state index contributed by atoms with van der Waals surface area (Å²) in [6, 6.07) is 8.64. The third-order valence-electron chi connectivity index (χ3n) is 5.88. The molecule has 0 bridgehead atoms. The van der Waals surface area contributed by atoms with Crippen LogP contribution in [-0.2, 0) is 22.4 Å². The second kappa shape index (κ2) is 14.5. The smallest absolute Gasteiger partial charge is 0.309 e. The Morgan fingerprint density at radius 1 is 0.706 bits per heavy atom. The molecule has 6 heteroatoms. The standard InChI is InChI=1S/C26H36O4S2.C2H6/c1-25(2,23(27)28)17-7-5-9-19-11-13-21(31-19)15-16-22-14-12-20(32-22)10-6-8-18-26(3,4)24(29)30;1-2/h11-16H,5-10,17-18H2,1-4H3,(H,27,28)(H,29,30);1-2H3/b16-15-;. The van der Waals surface area contributed by atoms with Crippen LogP contribution >= 0.6 is 22.7 Å². The summed E-state index contributed by atoms with van der Waals surface area (Å²) in [6.07, 6.45) is 11.6. The minimum Gasteiger partial charge on any atom is -0.481 e. The Hall–Kier alpha value is -1.92. The van der Waals surface area contributed by atoms with Gasteiger partial charge in [0, 0.05) is 19.5 Å². The van der Waals surface area contributed by atoms with E-state index in [9.17, 15) is 19.8 Å². The summed E-state index contributed by atoms with van der Waals surface area (Å²) in [5.41, 5.74) is -1.28. The summed E-state index contributed by atoms with van der Waals surface area (Å²) in [4.78, 5) is 27.5. The molecule has 2 aromatic heterocycles. The Morgan fingerprint density at radius 2 is 1.06 bits per heavy atom. The van der Waals surface area contributed by atoms with Crippen LogP contribution in [0.2, 0.25) is 0 Å². The summed E-state index contributed by atoms with van der Waals surface area (Å²) in [7, 11) is 0. The first-order chi connectivity index (χ1) is 16.0. The molecule has 2 heterocycles. The average Bonchev–Trinajstić information content (AvgIpc) is 3.43. The van der Waals surface area contributed by atoms with Crippen molar-refractivity contribution in [3.05, 3.63) is 43.8 Å². The van der Waals surface area contributed by atoms with Crippen LogP contribution in [0.5, 0.6) is 0 Å². The Bertz CT molecular complexity index is 844. The van der Waals surface area contributed by atoms with Crippen LogP contribution < -0.4 is 0 Å². The van der Waals surface area contributed by atoms with Gasteiger partial charge in [-0.1, -0.05) is 26.7 Å². The van der Waals surface area contributed by atoms with Gasteiger partial charge in [-0.15, -0.1) is 22.7 Å². The van der Waals surface area contributed by atoms with E-state index >= 15 is 0 Å². The summed E-state index contributed by atoms with van der Waals surface area (Å²) < 4.78 is 0. The van der Waals surface area contributed by atoms with E-state index in [4.69, 9.17) is 0 Å². The monoisotopic (exact) mass is 506 g/mol. The molecule has 0 aromatic carbocycles. The molecule has 0 aliphatic heterocycles. The minimum absolute atomic E-state index is 0.641. The molecule has 2 N–H and O–H groups in total. The van der Waals surface area contributed by atoms with Gasteiger partial charge in [0.25, 0.3) is 0 Å². The number of unbranched alkanes of at least 4 members (excludes halogenated alkanes) is 2. The summed E-state index contributed by atoms with van der Waals surface area (Å²) >= 11 is 3.60. The Kier molecular flexibility index (Phi) is 12.8. The molecule has 0 radical (unpaired) electrons. The SMILES string of the molecule is CC.CC(C)(CCCCc1ccc(/C=C\c2ccc(CCCCC(C)(C)C(=O)O)s2)s1)C(=O)O. The summed E-state index contributed by atoms with van der Waals surface area (Å²) in [6.45, 7) is 11.2. The molecule has 0 aliphatic carbocycles. The van der Waals surface area contributed by atoms with E-state index in [-0.39, 0.29) is 0 Å². The molecule has 34 heavy (non-hydrogen) atoms. The Labute approximate surface area is 213 Å². The predicted molar refractivity (Wildman–Crippen MR) is 147 cm³/mol. The highest BCUT2D eigenvalue weighted by atomic mass is 32.1. The lowest BCUT2D eigenvalue weighted by Crippen LogP contribution is -2.23. The number of hydrogen-bond donors (Lipinski definition) is 2. The van der Waals surface area contributed by atoms with Crippen LogP contribution in [0.25, 0.3) is 12.2 Å². The second-order valence-electron chi connectivity index (χ2n) is 9.73. The van der Waals surface area contributed by atoms with Crippen molar-refractivity contribution in [1.82, 2.24) is 0 Å². The molecule has 190 valence electrons.